The number of benzene rings is 1. The van der Waals surface area contributed by atoms with E-state index in [0.717, 1.165) is 5.56 Å². The van der Waals surface area contributed by atoms with Gasteiger partial charge in [-0.3, -0.25) is 0 Å². The number of hydrogen-bond acceptors (Lipinski definition) is 0. The van der Waals surface area contributed by atoms with Gasteiger partial charge in [0.25, 0.3) is 0 Å². The molecule has 0 heterocycles. The van der Waals surface area contributed by atoms with E-state index in [4.69, 9.17) is 33.2 Å². The van der Waals surface area contributed by atoms with Crippen LogP contribution >= 0.6 is 33.2 Å². The summed E-state index contributed by atoms with van der Waals surface area (Å²) < 4.78 is 0. The van der Waals surface area contributed by atoms with Gasteiger partial charge in [-0.15, -0.1) is 33.2 Å². The van der Waals surface area contributed by atoms with E-state index in [9.17, 15) is 0 Å². The quantitative estimate of drug-likeness (QED) is 0.545. The minimum Gasteiger partial charge on any atom is -0.125 e. The highest BCUT2D eigenvalue weighted by Gasteiger charge is 2.34. The first-order valence-electron chi connectivity index (χ1n) is 4.04. The van der Waals surface area contributed by atoms with Crippen molar-refractivity contribution in [3.05, 3.63) is 35.4 Å². The Kier molecular flexibility index (Phi) is 3.70. The van der Waals surface area contributed by atoms with Crippen LogP contribution in [0.1, 0.15) is 23.6 Å². The molecular formula is C9H11Cl3Si. The summed E-state index contributed by atoms with van der Waals surface area (Å²) >= 11 is 17.8. The first-order chi connectivity index (χ1) is 5.91. The summed E-state index contributed by atoms with van der Waals surface area (Å²) in [6, 6.07) is 5.52. The molecular weight excluding hydrogens is 243 g/mol. The van der Waals surface area contributed by atoms with E-state index < -0.39 is 6.00 Å². The second-order valence-electron chi connectivity index (χ2n) is 3.17. The van der Waals surface area contributed by atoms with Crippen LogP contribution in [0.25, 0.3) is 0 Å². The molecule has 0 aliphatic heterocycles. The molecule has 1 aromatic carbocycles. The van der Waals surface area contributed by atoms with Crippen LogP contribution in [-0.4, -0.2) is 6.00 Å². The number of rotatable bonds is 2. The zero-order valence-electron chi connectivity index (χ0n) is 7.52. The molecule has 0 nitrogen and oxygen atoms in total. The van der Waals surface area contributed by atoms with Crippen molar-refractivity contribution in [1.82, 2.24) is 0 Å². The number of hydrogen-bond donors (Lipinski definition) is 0. The SMILES string of the molecule is Cc1ccc(C(C)[Si](Cl)(Cl)Cl)cc1. The van der Waals surface area contributed by atoms with Crippen molar-refractivity contribution in [2.75, 3.05) is 0 Å². The third-order valence-corrected chi connectivity index (χ3v) is 6.33. The van der Waals surface area contributed by atoms with Crippen molar-refractivity contribution in [3.63, 3.8) is 0 Å². The molecule has 0 saturated carbocycles. The fraction of sp³-hybridized carbons (Fsp3) is 0.333. The van der Waals surface area contributed by atoms with Crippen molar-refractivity contribution < 1.29 is 0 Å². The summed E-state index contributed by atoms with van der Waals surface area (Å²) in [7, 11) is 0. The lowest BCUT2D eigenvalue weighted by Gasteiger charge is -2.17. The van der Waals surface area contributed by atoms with Gasteiger partial charge in [-0.1, -0.05) is 36.8 Å². The van der Waals surface area contributed by atoms with Crippen molar-refractivity contribution in [3.8, 4) is 0 Å². The standard InChI is InChI=1S/C9H11Cl3Si/c1-7-3-5-9(6-4-7)8(2)13(10,11)12/h3-6,8H,1-2H3. The van der Waals surface area contributed by atoms with Gasteiger partial charge in [-0.05, 0) is 12.5 Å². The molecule has 1 atom stereocenters. The maximum Gasteiger partial charge on any atom is 0.348 e. The van der Waals surface area contributed by atoms with Crippen LogP contribution in [0.5, 0.6) is 0 Å². The predicted molar refractivity (Wildman–Crippen MR) is 62.9 cm³/mol. The molecule has 0 spiro atoms. The summed E-state index contributed by atoms with van der Waals surface area (Å²) in [6.07, 6.45) is 0. The monoisotopic (exact) mass is 252 g/mol. The average Bonchev–Trinajstić information content (AvgIpc) is 2.03. The van der Waals surface area contributed by atoms with Gasteiger partial charge >= 0.3 is 6.00 Å². The Morgan fingerprint density at radius 1 is 1.08 bits per heavy atom. The maximum absolute atomic E-state index is 5.93. The van der Waals surface area contributed by atoms with Gasteiger partial charge in [0.1, 0.15) is 0 Å². The highest BCUT2D eigenvalue weighted by Crippen LogP contribution is 2.36. The van der Waals surface area contributed by atoms with Crippen molar-refractivity contribution >= 4 is 39.2 Å². The summed E-state index contributed by atoms with van der Waals surface area (Å²) in [5.41, 5.74) is 2.39. The second kappa shape index (κ2) is 4.22. The summed E-state index contributed by atoms with van der Waals surface area (Å²) in [5.74, 6) is 0. The zero-order valence-corrected chi connectivity index (χ0v) is 10.8. The first kappa shape index (κ1) is 11.4. The van der Waals surface area contributed by atoms with Gasteiger partial charge in [0.2, 0.25) is 0 Å². The van der Waals surface area contributed by atoms with Gasteiger partial charge in [0, 0.05) is 5.54 Å². The molecule has 0 aliphatic rings. The molecule has 0 saturated heterocycles. The molecule has 1 aromatic rings. The molecule has 0 radical (unpaired) electrons. The van der Waals surface area contributed by atoms with Gasteiger partial charge in [-0.25, -0.2) is 0 Å². The van der Waals surface area contributed by atoms with E-state index in [1.165, 1.54) is 5.56 Å². The Morgan fingerprint density at radius 3 is 1.92 bits per heavy atom. The van der Waals surface area contributed by atoms with E-state index in [2.05, 4.69) is 0 Å². The minimum atomic E-state index is -2.60. The van der Waals surface area contributed by atoms with Crippen LogP contribution in [0.4, 0.5) is 0 Å². The number of halogens is 3. The zero-order chi connectivity index (χ0) is 10.1. The molecule has 1 rings (SSSR count). The number of aryl methyl sites for hydroxylation is 1. The van der Waals surface area contributed by atoms with Crippen LogP contribution in [0.3, 0.4) is 0 Å². The topological polar surface area (TPSA) is 0 Å². The van der Waals surface area contributed by atoms with Crippen molar-refractivity contribution in [1.29, 1.82) is 0 Å². The normalized spacial score (nSPS) is 14.2. The van der Waals surface area contributed by atoms with Crippen LogP contribution in [0, 0.1) is 6.92 Å². The summed E-state index contributed by atoms with van der Waals surface area (Å²) in [4.78, 5) is 0. The van der Waals surface area contributed by atoms with Gasteiger partial charge in [-0.2, -0.15) is 0 Å². The minimum absolute atomic E-state index is 0.0538. The third kappa shape index (κ3) is 3.17. The molecule has 13 heavy (non-hydrogen) atoms. The van der Waals surface area contributed by atoms with Crippen LogP contribution < -0.4 is 0 Å². The fourth-order valence-corrected chi connectivity index (χ4v) is 2.75. The molecule has 0 N–H and O–H groups in total. The lowest BCUT2D eigenvalue weighted by Crippen LogP contribution is -2.20. The third-order valence-electron chi connectivity index (χ3n) is 2.07. The molecule has 0 aliphatic carbocycles. The van der Waals surface area contributed by atoms with Crippen molar-refractivity contribution in [2.45, 2.75) is 19.4 Å². The van der Waals surface area contributed by atoms with Crippen LogP contribution in [0.15, 0.2) is 24.3 Å². The predicted octanol–water partition coefficient (Wildman–Crippen LogP) is 4.29. The fourth-order valence-electron chi connectivity index (χ4n) is 1.04. The Hall–Kier alpha value is 0.307. The summed E-state index contributed by atoms with van der Waals surface area (Å²) in [6.45, 7) is 4.01. The van der Waals surface area contributed by atoms with E-state index in [1.54, 1.807) is 0 Å². The summed E-state index contributed by atoms with van der Waals surface area (Å²) in [5, 5.41) is 0. The Balaban J connectivity index is 2.90. The van der Waals surface area contributed by atoms with E-state index in [-0.39, 0.29) is 5.54 Å². The molecule has 0 aromatic heterocycles. The van der Waals surface area contributed by atoms with Gasteiger partial charge in [0.05, 0.1) is 0 Å². The van der Waals surface area contributed by atoms with Crippen LogP contribution in [0.2, 0.25) is 0 Å². The van der Waals surface area contributed by atoms with E-state index in [0.29, 0.717) is 0 Å². The van der Waals surface area contributed by atoms with Gasteiger partial charge < -0.3 is 0 Å². The lowest BCUT2D eigenvalue weighted by atomic mass is 10.1. The Bertz CT molecular complexity index is 276. The lowest BCUT2D eigenvalue weighted by molar-refractivity contribution is 1.06. The molecule has 0 bridgehead atoms. The first-order valence-corrected chi connectivity index (χ1v) is 9.16. The molecule has 4 heteroatoms. The largest absolute Gasteiger partial charge is 0.348 e. The second-order valence-corrected chi connectivity index (χ2v) is 12.2. The Labute approximate surface area is 93.9 Å². The average molecular weight is 254 g/mol. The highest BCUT2D eigenvalue weighted by molar-refractivity contribution is 7.65. The van der Waals surface area contributed by atoms with Crippen molar-refractivity contribution in [2.24, 2.45) is 0 Å². The maximum atomic E-state index is 5.93. The molecule has 0 amide bonds. The smallest absolute Gasteiger partial charge is 0.125 e. The van der Waals surface area contributed by atoms with Crippen LogP contribution in [-0.2, 0) is 0 Å². The molecule has 1 unspecified atom stereocenters. The Morgan fingerprint density at radius 2 is 1.54 bits per heavy atom. The molecule has 0 fully saturated rings. The van der Waals surface area contributed by atoms with E-state index in [1.807, 2.05) is 38.1 Å². The highest BCUT2D eigenvalue weighted by atomic mass is 35.8. The van der Waals surface area contributed by atoms with E-state index >= 15 is 0 Å². The van der Waals surface area contributed by atoms with Gasteiger partial charge in [0.15, 0.2) is 0 Å². The molecule has 72 valence electrons.